The van der Waals surface area contributed by atoms with Gasteiger partial charge in [-0.2, -0.15) is 0 Å². The van der Waals surface area contributed by atoms with Crippen LogP contribution in [0.1, 0.15) is 27.7 Å². The van der Waals surface area contributed by atoms with E-state index in [1.165, 1.54) is 0 Å². The van der Waals surface area contributed by atoms with Gasteiger partial charge in [-0.05, 0) is 49.7 Å². The Bertz CT molecular complexity index is 674. The first-order chi connectivity index (χ1) is 8.73. The molecule has 0 atom stereocenters. The monoisotopic (exact) mass is 324 g/mol. The van der Waals surface area contributed by atoms with Gasteiger partial charge in [-0.1, -0.05) is 0 Å². The lowest BCUT2D eigenvalue weighted by Gasteiger charge is -2.44. The second-order valence-electron chi connectivity index (χ2n) is 5.94. The van der Waals surface area contributed by atoms with E-state index in [1.54, 1.807) is 6.20 Å². The molecule has 3 rings (SSSR count). The zero-order chi connectivity index (χ0) is 14.0. The Morgan fingerprint density at radius 1 is 1.16 bits per heavy atom. The van der Waals surface area contributed by atoms with Gasteiger partial charge >= 0.3 is 0 Å². The average Bonchev–Trinajstić information content (AvgIpc) is 2.53. The van der Waals surface area contributed by atoms with Crippen LogP contribution in [0.3, 0.4) is 0 Å². The molecule has 3 heterocycles. The summed E-state index contributed by atoms with van der Waals surface area (Å²) in [7, 11) is 1.94. The number of aryl methyl sites for hydroxylation is 1. The van der Waals surface area contributed by atoms with Gasteiger partial charge in [-0.25, -0.2) is 4.98 Å². The molecule has 0 radical (unpaired) electrons. The highest BCUT2D eigenvalue weighted by Gasteiger charge is 2.47. The minimum Gasteiger partial charge on any atom is -0.477 e. The third kappa shape index (κ3) is 1.67. The third-order valence-corrected chi connectivity index (χ3v) is 4.49. The van der Waals surface area contributed by atoms with Gasteiger partial charge < -0.3 is 9.47 Å². The second-order valence-corrected chi connectivity index (χ2v) is 6.86. The summed E-state index contributed by atoms with van der Waals surface area (Å²) in [6.07, 6.45) is 1.78. The van der Waals surface area contributed by atoms with Gasteiger partial charge in [0, 0.05) is 17.7 Å². The molecule has 0 aliphatic carbocycles. The van der Waals surface area contributed by atoms with Crippen molar-refractivity contribution in [3.05, 3.63) is 16.7 Å². The molecule has 5 heteroatoms. The van der Waals surface area contributed by atoms with Crippen LogP contribution in [0.15, 0.2) is 16.7 Å². The number of rotatable bonds is 0. The van der Waals surface area contributed by atoms with Gasteiger partial charge in [0.1, 0.15) is 16.8 Å². The summed E-state index contributed by atoms with van der Waals surface area (Å²) in [4.78, 5) is 4.44. The Morgan fingerprint density at radius 3 is 2.47 bits per heavy atom. The molecule has 102 valence electrons. The summed E-state index contributed by atoms with van der Waals surface area (Å²) < 4.78 is 15.3. The number of aromatic nitrogens is 2. The number of hydrogen-bond donors (Lipinski definition) is 0. The number of fused-ring (bicyclic) bond motifs is 3. The maximum absolute atomic E-state index is 6.22. The van der Waals surface area contributed by atoms with Crippen LogP contribution in [0.2, 0.25) is 0 Å². The number of nitrogens with zero attached hydrogens (tertiary/aromatic N) is 2. The molecule has 1 aliphatic heterocycles. The molecular weight excluding hydrogens is 308 g/mol. The van der Waals surface area contributed by atoms with Crippen LogP contribution in [0.25, 0.3) is 11.0 Å². The van der Waals surface area contributed by atoms with Crippen molar-refractivity contribution in [2.75, 3.05) is 0 Å². The highest BCUT2D eigenvalue weighted by Crippen LogP contribution is 2.48. The van der Waals surface area contributed by atoms with Crippen molar-refractivity contribution in [3.63, 3.8) is 0 Å². The molecule has 0 fully saturated rings. The van der Waals surface area contributed by atoms with E-state index in [9.17, 15) is 0 Å². The molecule has 1 aliphatic rings. The highest BCUT2D eigenvalue weighted by molar-refractivity contribution is 9.10. The molecule has 0 bridgehead atoms. The first-order valence-electron chi connectivity index (χ1n) is 6.25. The fourth-order valence-electron chi connectivity index (χ4n) is 2.19. The summed E-state index contributed by atoms with van der Waals surface area (Å²) >= 11 is 3.45. The summed E-state index contributed by atoms with van der Waals surface area (Å²) in [6, 6.07) is 2.01. The number of halogens is 1. The van der Waals surface area contributed by atoms with Gasteiger partial charge in [0.15, 0.2) is 5.75 Å². The second kappa shape index (κ2) is 3.66. The normalized spacial score (nSPS) is 19.7. The van der Waals surface area contributed by atoms with E-state index >= 15 is 0 Å². The molecule has 4 nitrogen and oxygen atoms in total. The van der Waals surface area contributed by atoms with Gasteiger partial charge in [0.25, 0.3) is 0 Å². The summed E-state index contributed by atoms with van der Waals surface area (Å²) in [5, 5.41) is 0.968. The average molecular weight is 325 g/mol. The Hall–Kier alpha value is -1.23. The molecule has 0 aromatic carbocycles. The van der Waals surface area contributed by atoms with Crippen molar-refractivity contribution >= 4 is 27.0 Å². The molecule has 0 spiro atoms. The van der Waals surface area contributed by atoms with E-state index in [-0.39, 0.29) is 0 Å². The fourth-order valence-corrected chi connectivity index (χ4v) is 2.52. The molecule has 0 unspecified atom stereocenters. The highest BCUT2D eigenvalue weighted by atomic mass is 79.9. The van der Waals surface area contributed by atoms with Crippen LogP contribution >= 0.6 is 15.9 Å². The quantitative estimate of drug-likeness (QED) is 0.742. The number of ether oxygens (including phenoxy) is 2. The zero-order valence-electron chi connectivity index (χ0n) is 11.7. The van der Waals surface area contributed by atoms with E-state index in [0.717, 1.165) is 27.1 Å². The molecular formula is C14H17BrN2O2. The fraction of sp³-hybridized carbons (Fsp3) is 0.500. The van der Waals surface area contributed by atoms with Crippen molar-refractivity contribution in [2.45, 2.75) is 38.9 Å². The number of hydrogen-bond acceptors (Lipinski definition) is 3. The first-order valence-corrected chi connectivity index (χ1v) is 7.04. The molecule has 0 amide bonds. The van der Waals surface area contributed by atoms with Crippen LogP contribution in [0.4, 0.5) is 0 Å². The van der Waals surface area contributed by atoms with Crippen molar-refractivity contribution in [1.29, 1.82) is 0 Å². The molecule has 2 aromatic heterocycles. The Balaban J connectivity index is 2.31. The molecule has 0 saturated heterocycles. The van der Waals surface area contributed by atoms with E-state index in [0.29, 0.717) is 0 Å². The summed E-state index contributed by atoms with van der Waals surface area (Å²) in [5.74, 6) is 1.51. The molecule has 0 saturated carbocycles. The van der Waals surface area contributed by atoms with E-state index in [1.807, 2.05) is 45.4 Å². The predicted molar refractivity (Wildman–Crippen MR) is 77.8 cm³/mol. The Morgan fingerprint density at radius 2 is 1.79 bits per heavy atom. The van der Waals surface area contributed by atoms with Crippen LogP contribution < -0.4 is 9.47 Å². The largest absolute Gasteiger partial charge is 0.477 e. The first kappa shape index (κ1) is 12.8. The van der Waals surface area contributed by atoms with Crippen molar-refractivity contribution in [2.24, 2.45) is 7.05 Å². The van der Waals surface area contributed by atoms with E-state index < -0.39 is 11.2 Å². The Kier molecular flexibility index (Phi) is 2.46. The zero-order valence-corrected chi connectivity index (χ0v) is 13.3. The maximum atomic E-state index is 6.22. The minimum atomic E-state index is -0.406. The van der Waals surface area contributed by atoms with Gasteiger partial charge in [0.2, 0.25) is 5.88 Å². The minimum absolute atomic E-state index is 0.403. The van der Waals surface area contributed by atoms with Crippen molar-refractivity contribution < 1.29 is 9.47 Å². The molecule has 2 aromatic rings. The lowest BCUT2D eigenvalue weighted by molar-refractivity contribution is -0.102. The number of pyridine rings is 1. The van der Waals surface area contributed by atoms with Gasteiger partial charge in [-0.3, -0.25) is 4.57 Å². The summed E-state index contributed by atoms with van der Waals surface area (Å²) in [5.41, 5.74) is 0.0531. The smallest absolute Gasteiger partial charge is 0.240 e. The standard InChI is InChI=1S/C14H17BrN2O2/c1-13(2)14(3,4)19-12-10(18-13)9-6-8(15)7-16-11(9)17(12)5/h6-7H,1-5H3. The molecule has 19 heavy (non-hydrogen) atoms. The van der Waals surface area contributed by atoms with Crippen molar-refractivity contribution in [1.82, 2.24) is 9.55 Å². The topological polar surface area (TPSA) is 36.3 Å². The maximum Gasteiger partial charge on any atom is 0.240 e. The lowest BCUT2D eigenvalue weighted by Crippen LogP contribution is -2.56. The van der Waals surface area contributed by atoms with E-state index in [2.05, 4.69) is 20.9 Å². The van der Waals surface area contributed by atoms with Gasteiger partial charge in [0.05, 0.1) is 5.39 Å². The van der Waals surface area contributed by atoms with E-state index in [4.69, 9.17) is 9.47 Å². The lowest BCUT2D eigenvalue weighted by atomic mass is 9.88. The summed E-state index contributed by atoms with van der Waals surface area (Å²) in [6.45, 7) is 8.16. The third-order valence-electron chi connectivity index (χ3n) is 4.05. The van der Waals surface area contributed by atoms with Gasteiger partial charge in [-0.15, -0.1) is 0 Å². The van der Waals surface area contributed by atoms with Crippen LogP contribution in [0.5, 0.6) is 11.6 Å². The SMILES string of the molecule is Cn1c2c(c3cc(Br)cnc31)OC(C)(C)C(C)(C)O2. The predicted octanol–water partition coefficient (Wildman–Crippen LogP) is 3.66. The van der Waals surface area contributed by atoms with Crippen LogP contribution in [-0.4, -0.2) is 20.8 Å². The Labute approximate surface area is 120 Å². The van der Waals surface area contributed by atoms with Crippen molar-refractivity contribution in [3.8, 4) is 11.6 Å². The van der Waals surface area contributed by atoms with Crippen LogP contribution in [0, 0.1) is 0 Å². The van der Waals surface area contributed by atoms with Crippen LogP contribution in [-0.2, 0) is 7.05 Å². The molecule has 0 N–H and O–H groups in total.